The first-order valence-corrected chi connectivity index (χ1v) is 5.88. The van der Waals surface area contributed by atoms with Crippen molar-refractivity contribution < 1.29 is 19.9 Å². The maximum absolute atomic E-state index is 12.7. The van der Waals surface area contributed by atoms with Gasteiger partial charge < -0.3 is 11.1 Å². The zero-order valence-corrected chi connectivity index (χ0v) is 10.4. The fraction of sp³-hybridized carbons (Fsp3) is 0.214. The molecule has 3 rings (SSSR count). The van der Waals surface area contributed by atoms with E-state index in [-0.39, 0.29) is 12.8 Å². The Kier molecular flexibility index (Phi) is 1.79. The molecule has 0 unspecified atom stereocenters. The topological polar surface area (TPSA) is 92.5 Å². The molecule has 6 heteroatoms. The van der Waals surface area contributed by atoms with Crippen molar-refractivity contribution in [2.45, 2.75) is 18.9 Å². The molecule has 0 spiro atoms. The number of imide groups is 1. The van der Waals surface area contributed by atoms with Crippen molar-refractivity contribution in [2.24, 2.45) is 0 Å². The number of carbonyl (C=O) groups excluding carboxylic acids is 3. The van der Waals surface area contributed by atoms with Crippen LogP contribution in [0.2, 0.25) is 0 Å². The SMILES string of the molecule is [2H]c1c([2H])c(N)c2c(c1[2H])C(=O)N([C@@]1([2H])CCC(=C)NC1=O)C2=O. The zero-order valence-electron chi connectivity index (χ0n) is 14.4. The van der Waals surface area contributed by atoms with Gasteiger partial charge in [0.1, 0.15) is 6.02 Å². The smallest absolute Gasteiger partial charge is 0.264 e. The van der Waals surface area contributed by atoms with Gasteiger partial charge in [0.2, 0.25) is 5.91 Å². The van der Waals surface area contributed by atoms with Crippen molar-refractivity contribution in [1.29, 1.82) is 0 Å². The molecule has 0 bridgehead atoms. The van der Waals surface area contributed by atoms with Gasteiger partial charge in [-0.1, -0.05) is 12.6 Å². The van der Waals surface area contributed by atoms with Crippen LogP contribution in [0.5, 0.6) is 0 Å². The van der Waals surface area contributed by atoms with Crippen LogP contribution in [0.25, 0.3) is 0 Å². The number of nitrogen functional groups attached to an aromatic ring is 1. The Morgan fingerprint density at radius 1 is 1.40 bits per heavy atom. The molecular weight excluding hydrogens is 258 g/mol. The van der Waals surface area contributed by atoms with Crippen molar-refractivity contribution in [3.05, 3.63) is 41.5 Å². The minimum atomic E-state index is -2.20. The first kappa shape index (κ1) is 8.52. The lowest BCUT2D eigenvalue weighted by atomic mass is 10.0. The van der Waals surface area contributed by atoms with E-state index in [1.54, 1.807) is 0 Å². The van der Waals surface area contributed by atoms with E-state index in [9.17, 15) is 14.4 Å². The highest BCUT2D eigenvalue weighted by Crippen LogP contribution is 2.31. The van der Waals surface area contributed by atoms with Crippen molar-refractivity contribution in [1.82, 2.24) is 10.2 Å². The molecule has 6 nitrogen and oxygen atoms in total. The van der Waals surface area contributed by atoms with E-state index in [1.165, 1.54) is 0 Å². The molecule has 3 amide bonds. The Hall–Kier alpha value is -2.63. The number of carbonyl (C=O) groups is 3. The second kappa shape index (κ2) is 4.19. The Labute approximate surface area is 120 Å². The van der Waals surface area contributed by atoms with Crippen LogP contribution in [0.3, 0.4) is 0 Å². The quantitative estimate of drug-likeness (QED) is 0.581. The maximum Gasteiger partial charge on any atom is 0.264 e. The highest BCUT2D eigenvalue weighted by molar-refractivity contribution is 6.25. The van der Waals surface area contributed by atoms with Crippen molar-refractivity contribution in [2.75, 3.05) is 5.73 Å². The average Bonchev–Trinajstić information content (AvgIpc) is 2.79. The van der Waals surface area contributed by atoms with Gasteiger partial charge in [0.15, 0.2) is 0 Å². The Balaban J connectivity index is 2.18. The Morgan fingerprint density at radius 3 is 2.85 bits per heavy atom. The molecule has 0 radical (unpaired) electrons. The zero-order chi connectivity index (χ0) is 18.0. The molecule has 0 saturated carbocycles. The summed E-state index contributed by atoms with van der Waals surface area (Å²) in [7, 11) is 0. The van der Waals surface area contributed by atoms with Crippen LogP contribution in [-0.4, -0.2) is 28.6 Å². The molecule has 3 N–H and O–H groups in total. The second-order valence-corrected chi connectivity index (χ2v) is 4.49. The van der Waals surface area contributed by atoms with E-state index in [0.717, 1.165) is 0 Å². The number of fused-ring (bicyclic) bond motifs is 1. The molecule has 1 aromatic rings. The van der Waals surface area contributed by atoms with Crippen LogP contribution in [0.4, 0.5) is 5.69 Å². The number of hydrogen-bond donors (Lipinski definition) is 2. The van der Waals surface area contributed by atoms with Crippen molar-refractivity contribution in [3.8, 4) is 0 Å². The number of rotatable bonds is 1. The fourth-order valence-corrected chi connectivity index (χ4v) is 2.26. The number of nitrogens with zero attached hydrogens (tertiary/aromatic N) is 1. The summed E-state index contributed by atoms with van der Waals surface area (Å²) in [5, 5.41) is 2.35. The summed E-state index contributed by atoms with van der Waals surface area (Å²) in [4.78, 5) is 37.9. The third kappa shape index (κ3) is 1.61. The lowest BCUT2D eigenvalue weighted by Crippen LogP contribution is -2.51. The van der Waals surface area contributed by atoms with Crippen LogP contribution in [-0.2, 0) is 4.79 Å². The summed E-state index contributed by atoms with van der Waals surface area (Å²) in [6, 6.07) is -3.94. The van der Waals surface area contributed by atoms with E-state index in [4.69, 9.17) is 11.2 Å². The summed E-state index contributed by atoms with van der Waals surface area (Å²) >= 11 is 0. The van der Waals surface area contributed by atoms with Gasteiger partial charge in [0.25, 0.3) is 11.8 Å². The lowest BCUT2D eigenvalue weighted by molar-refractivity contribution is -0.125. The third-order valence-electron chi connectivity index (χ3n) is 3.22. The van der Waals surface area contributed by atoms with Crippen LogP contribution in [0, 0.1) is 0 Å². The number of allylic oxidation sites excluding steroid dienone is 1. The number of hydrogen-bond acceptors (Lipinski definition) is 4. The molecule has 102 valence electrons. The van der Waals surface area contributed by atoms with E-state index >= 15 is 0 Å². The summed E-state index contributed by atoms with van der Waals surface area (Å²) in [5.74, 6) is -2.92. The predicted molar refractivity (Wildman–Crippen MR) is 71.7 cm³/mol. The highest BCUT2D eigenvalue weighted by Gasteiger charge is 2.44. The summed E-state index contributed by atoms with van der Waals surface area (Å²) in [6.45, 7) is 3.58. The van der Waals surface area contributed by atoms with Gasteiger partial charge in [-0.05, 0) is 24.9 Å². The number of piperidine rings is 1. The standard InChI is InChI=1S/C14H13N3O3/c1-7-5-6-10(12(18)16-7)17-13(19)8-3-2-4-9(15)11(8)14(17)20/h2-4,10H,1,5-6,15H2,(H,16,18)/t10-/m0/s1/i2D,3D,4D,10D. The minimum absolute atomic E-state index is 0.141. The summed E-state index contributed by atoms with van der Waals surface area (Å²) < 4.78 is 31.5. The first-order valence-electron chi connectivity index (χ1n) is 7.88. The molecule has 0 aromatic heterocycles. The van der Waals surface area contributed by atoms with Crippen molar-refractivity contribution in [3.63, 3.8) is 0 Å². The largest absolute Gasteiger partial charge is 0.398 e. The lowest BCUT2D eigenvalue weighted by Gasteiger charge is -2.29. The van der Waals surface area contributed by atoms with Crippen LogP contribution >= 0.6 is 0 Å². The summed E-state index contributed by atoms with van der Waals surface area (Å²) in [6.07, 6.45) is 0.0666. The molecular formula is C14H13N3O3. The van der Waals surface area contributed by atoms with E-state index < -0.39 is 58.7 Å². The van der Waals surface area contributed by atoms with Gasteiger partial charge in [-0.2, -0.15) is 0 Å². The molecule has 0 aliphatic carbocycles. The number of anilines is 1. The average molecular weight is 275 g/mol. The van der Waals surface area contributed by atoms with Crippen molar-refractivity contribution >= 4 is 23.4 Å². The molecule has 1 aromatic carbocycles. The van der Waals surface area contributed by atoms with Gasteiger partial charge in [-0.15, -0.1) is 0 Å². The number of nitrogens with two attached hydrogens (primary N) is 1. The highest BCUT2D eigenvalue weighted by atomic mass is 16.2. The predicted octanol–water partition coefficient (Wildman–Crippen LogP) is 0.657. The monoisotopic (exact) mass is 275 g/mol. The maximum atomic E-state index is 12.7. The van der Waals surface area contributed by atoms with Gasteiger partial charge in [-0.25, -0.2) is 0 Å². The second-order valence-electron chi connectivity index (χ2n) is 4.49. The number of nitrogens with one attached hydrogen (secondary N) is 1. The third-order valence-corrected chi connectivity index (χ3v) is 3.22. The van der Waals surface area contributed by atoms with Gasteiger partial charge in [-0.3, -0.25) is 19.3 Å². The Morgan fingerprint density at radius 2 is 2.15 bits per heavy atom. The molecule has 1 fully saturated rings. The molecule has 1 saturated heterocycles. The van der Waals surface area contributed by atoms with Crippen LogP contribution in [0.15, 0.2) is 30.4 Å². The number of benzene rings is 1. The van der Waals surface area contributed by atoms with Gasteiger partial charge in [0.05, 0.1) is 16.6 Å². The summed E-state index contributed by atoms with van der Waals surface area (Å²) in [5.41, 5.74) is 4.82. The van der Waals surface area contributed by atoms with E-state index in [2.05, 4.69) is 11.9 Å². The fourth-order valence-electron chi connectivity index (χ4n) is 2.26. The van der Waals surface area contributed by atoms with E-state index in [1.807, 2.05) is 0 Å². The Bertz CT molecular complexity index is 807. The first-order chi connectivity index (χ1) is 11.1. The molecule has 2 aliphatic rings. The molecule has 2 heterocycles. The normalized spacial score (nSPS) is 28.5. The molecule has 20 heavy (non-hydrogen) atoms. The minimum Gasteiger partial charge on any atom is -0.398 e. The number of amides is 3. The molecule has 2 aliphatic heterocycles. The van der Waals surface area contributed by atoms with Crippen LogP contribution in [0.1, 0.15) is 39.0 Å². The molecule has 1 atom stereocenters. The van der Waals surface area contributed by atoms with E-state index in [0.29, 0.717) is 10.6 Å². The van der Waals surface area contributed by atoms with Gasteiger partial charge >= 0.3 is 0 Å². The van der Waals surface area contributed by atoms with Gasteiger partial charge in [0, 0.05) is 11.4 Å². The van der Waals surface area contributed by atoms with Crippen LogP contribution < -0.4 is 11.1 Å².